The van der Waals surface area contributed by atoms with Gasteiger partial charge in [-0.05, 0) is 63.2 Å². The minimum absolute atomic E-state index is 0.00464. The third-order valence-electron chi connectivity index (χ3n) is 7.00. The van der Waals surface area contributed by atoms with Crippen molar-refractivity contribution in [2.45, 2.75) is 31.8 Å². The van der Waals surface area contributed by atoms with Crippen LogP contribution in [0, 0.1) is 16.0 Å². The molecular weight excluding hydrogens is 454 g/mol. The molecule has 0 bridgehead atoms. The zero-order valence-corrected chi connectivity index (χ0v) is 20.5. The van der Waals surface area contributed by atoms with Crippen molar-refractivity contribution in [3.8, 4) is 0 Å². The van der Waals surface area contributed by atoms with E-state index >= 15 is 0 Å². The highest BCUT2D eigenvalue weighted by molar-refractivity contribution is 6.30. The largest absolute Gasteiger partial charge is 0.370 e. The molecule has 2 saturated heterocycles. The number of hydrogen-bond acceptors (Lipinski definition) is 6. The number of nitrogens with one attached hydrogen (secondary N) is 1. The number of likely N-dealkylation sites (N-methyl/N-ethyl adjacent to an activating group) is 1. The van der Waals surface area contributed by atoms with Gasteiger partial charge < -0.3 is 20.0 Å². The van der Waals surface area contributed by atoms with Crippen molar-refractivity contribution in [3.63, 3.8) is 0 Å². The summed E-state index contributed by atoms with van der Waals surface area (Å²) in [5, 5.41) is 14.8. The third kappa shape index (κ3) is 5.62. The Labute approximate surface area is 205 Å². The van der Waals surface area contributed by atoms with Crippen molar-refractivity contribution in [2.24, 2.45) is 5.92 Å². The summed E-state index contributed by atoms with van der Waals surface area (Å²) in [6.07, 6.45) is 2.49. The summed E-state index contributed by atoms with van der Waals surface area (Å²) in [7, 11) is 4.26. The second kappa shape index (κ2) is 10.6. The van der Waals surface area contributed by atoms with E-state index in [4.69, 9.17) is 11.6 Å². The zero-order chi connectivity index (χ0) is 24.2. The van der Waals surface area contributed by atoms with Crippen LogP contribution in [-0.4, -0.2) is 62.0 Å². The molecule has 1 N–H and O–H groups in total. The average Bonchev–Trinajstić information content (AvgIpc) is 3.34. The van der Waals surface area contributed by atoms with Gasteiger partial charge in [-0.15, -0.1) is 0 Å². The van der Waals surface area contributed by atoms with Crippen molar-refractivity contribution in [1.82, 2.24) is 10.2 Å². The van der Waals surface area contributed by atoms with E-state index in [-0.39, 0.29) is 17.5 Å². The Morgan fingerprint density at radius 1 is 1.09 bits per heavy atom. The third-order valence-corrected chi connectivity index (χ3v) is 7.24. The van der Waals surface area contributed by atoms with Gasteiger partial charge in [0.1, 0.15) is 5.69 Å². The van der Waals surface area contributed by atoms with Crippen LogP contribution in [0.4, 0.5) is 17.1 Å². The molecule has 2 heterocycles. The lowest BCUT2D eigenvalue weighted by molar-refractivity contribution is -0.384. The fourth-order valence-corrected chi connectivity index (χ4v) is 5.02. The predicted octanol–water partition coefficient (Wildman–Crippen LogP) is 3.92. The van der Waals surface area contributed by atoms with Gasteiger partial charge in [0.15, 0.2) is 0 Å². The highest BCUT2D eigenvalue weighted by Gasteiger charge is 2.28. The molecule has 0 aromatic heterocycles. The summed E-state index contributed by atoms with van der Waals surface area (Å²) < 4.78 is 0. The fourth-order valence-electron chi connectivity index (χ4n) is 4.85. The minimum atomic E-state index is -0.407. The van der Waals surface area contributed by atoms with Crippen LogP contribution in [0.3, 0.4) is 0 Å². The van der Waals surface area contributed by atoms with Gasteiger partial charge >= 0.3 is 0 Å². The summed E-state index contributed by atoms with van der Waals surface area (Å²) in [5.74, 6) is -0.0443. The molecule has 8 nitrogen and oxygen atoms in total. The van der Waals surface area contributed by atoms with E-state index in [1.54, 1.807) is 12.1 Å². The molecule has 4 rings (SSSR count). The van der Waals surface area contributed by atoms with Crippen LogP contribution in [-0.2, 0) is 11.3 Å². The Kier molecular flexibility index (Phi) is 7.58. The van der Waals surface area contributed by atoms with Gasteiger partial charge in [0.2, 0.25) is 5.91 Å². The number of carbonyl (C=O) groups is 1. The van der Waals surface area contributed by atoms with Crippen LogP contribution in [0.25, 0.3) is 0 Å². The lowest BCUT2D eigenvalue weighted by Gasteiger charge is -2.32. The fraction of sp³-hybridized carbons (Fsp3) is 0.480. The number of nitro benzene ring substituents is 1. The number of nitro groups is 1. The van der Waals surface area contributed by atoms with Crippen LogP contribution in [0.5, 0.6) is 0 Å². The average molecular weight is 486 g/mol. The van der Waals surface area contributed by atoms with Crippen molar-refractivity contribution in [1.29, 1.82) is 0 Å². The highest BCUT2D eigenvalue weighted by Crippen LogP contribution is 2.33. The SMILES string of the molecule is CN(C)C1CCN(c2ccc(CNC(=O)C3CCN(c4ccc(Cl)cc4[N+](=O)[O-])CC3)cc2)C1. The molecular formula is C25H32ClN5O3. The molecule has 0 radical (unpaired) electrons. The van der Waals surface area contributed by atoms with Crippen molar-refractivity contribution >= 4 is 34.6 Å². The Morgan fingerprint density at radius 3 is 2.38 bits per heavy atom. The second-order valence-electron chi connectivity index (χ2n) is 9.39. The maximum absolute atomic E-state index is 12.7. The topological polar surface area (TPSA) is 82.0 Å². The number of nitrogens with zero attached hydrogens (tertiary/aromatic N) is 4. The molecule has 2 aromatic rings. The van der Waals surface area contributed by atoms with Crippen LogP contribution < -0.4 is 15.1 Å². The van der Waals surface area contributed by atoms with Gasteiger partial charge in [-0.25, -0.2) is 0 Å². The van der Waals surface area contributed by atoms with Crippen LogP contribution >= 0.6 is 11.6 Å². The summed E-state index contributed by atoms with van der Waals surface area (Å²) in [6.45, 7) is 3.80. The number of rotatable bonds is 7. The molecule has 2 aromatic carbocycles. The number of hydrogen-bond donors (Lipinski definition) is 1. The second-order valence-corrected chi connectivity index (χ2v) is 9.82. The molecule has 1 amide bonds. The lowest BCUT2D eigenvalue weighted by Crippen LogP contribution is -2.40. The van der Waals surface area contributed by atoms with E-state index in [1.165, 1.54) is 18.2 Å². The summed E-state index contributed by atoms with van der Waals surface area (Å²) in [5.41, 5.74) is 2.87. The quantitative estimate of drug-likeness (QED) is 0.473. The Bertz CT molecular complexity index is 1020. The van der Waals surface area contributed by atoms with Gasteiger partial charge in [0.25, 0.3) is 5.69 Å². The molecule has 2 fully saturated rings. The predicted molar refractivity (Wildman–Crippen MR) is 136 cm³/mol. The minimum Gasteiger partial charge on any atom is -0.370 e. The number of halogens is 1. The molecule has 0 aliphatic carbocycles. The first-order valence-electron chi connectivity index (χ1n) is 11.8. The highest BCUT2D eigenvalue weighted by atomic mass is 35.5. The maximum Gasteiger partial charge on any atom is 0.294 e. The van der Waals surface area contributed by atoms with Gasteiger partial charge in [-0.3, -0.25) is 14.9 Å². The van der Waals surface area contributed by atoms with Gasteiger partial charge in [-0.2, -0.15) is 0 Å². The normalized spacial score (nSPS) is 19.0. The van der Waals surface area contributed by atoms with Crippen molar-refractivity contribution in [2.75, 3.05) is 50.1 Å². The van der Waals surface area contributed by atoms with E-state index in [9.17, 15) is 14.9 Å². The van der Waals surface area contributed by atoms with E-state index in [1.807, 2.05) is 4.90 Å². The molecule has 0 spiro atoms. The van der Waals surface area contributed by atoms with Gasteiger partial charge in [0, 0.05) is 61.5 Å². The molecule has 182 valence electrons. The van der Waals surface area contributed by atoms with Crippen molar-refractivity contribution < 1.29 is 9.72 Å². The molecule has 1 atom stereocenters. The first-order valence-corrected chi connectivity index (χ1v) is 12.2. The molecule has 2 aliphatic heterocycles. The number of carbonyl (C=O) groups excluding carboxylic acids is 1. The molecule has 34 heavy (non-hydrogen) atoms. The number of benzene rings is 2. The number of amides is 1. The summed E-state index contributed by atoms with van der Waals surface area (Å²) in [6, 6.07) is 13.8. The lowest BCUT2D eigenvalue weighted by atomic mass is 9.95. The maximum atomic E-state index is 12.7. The van der Waals surface area contributed by atoms with E-state index in [0.29, 0.717) is 49.2 Å². The Balaban J connectivity index is 1.26. The van der Waals surface area contributed by atoms with Crippen LogP contribution in [0.15, 0.2) is 42.5 Å². The Hall–Kier alpha value is -2.84. The molecule has 9 heteroatoms. The molecule has 2 aliphatic rings. The van der Waals surface area contributed by atoms with E-state index in [0.717, 1.165) is 18.7 Å². The summed E-state index contributed by atoms with van der Waals surface area (Å²) in [4.78, 5) is 30.4. The molecule has 0 saturated carbocycles. The van der Waals surface area contributed by atoms with Gasteiger partial charge in [-0.1, -0.05) is 23.7 Å². The molecule has 1 unspecified atom stereocenters. The monoisotopic (exact) mass is 485 g/mol. The zero-order valence-electron chi connectivity index (χ0n) is 19.7. The first kappa shape index (κ1) is 24.3. The standard InChI is InChI=1S/C25H32ClN5O3/c1-28(2)22-11-14-30(17-22)21-6-3-18(4-7-21)16-27-25(32)19-9-12-29(13-10-19)23-8-5-20(26)15-24(23)31(33)34/h3-8,15,19,22H,9-14,16-17H2,1-2H3,(H,27,32). The number of anilines is 2. The van der Waals surface area contributed by atoms with Crippen molar-refractivity contribution in [3.05, 3.63) is 63.2 Å². The first-order chi connectivity index (χ1) is 16.3. The Morgan fingerprint density at radius 2 is 1.76 bits per heavy atom. The van der Waals surface area contributed by atoms with Crippen LogP contribution in [0.1, 0.15) is 24.8 Å². The smallest absolute Gasteiger partial charge is 0.294 e. The number of piperidine rings is 1. The van der Waals surface area contributed by atoms with E-state index < -0.39 is 4.92 Å². The van der Waals surface area contributed by atoms with Gasteiger partial charge in [0.05, 0.1) is 4.92 Å². The van der Waals surface area contributed by atoms with E-state index in [2.05, 4.69) is 53.5 Å². The van der Waals surface area contributed by atoms with Crippen LogP contribution in [0.2, 0.25) is 5.02 Å². The summed E-state index contributed by atoms with van der Waals surface area (Å²) >= 11 is 5.93.